The standard InChI is InChI=1S/C24H25N3O3/c1-16-8-11-21-22(27(16)24(28)29-2)13-12-20(17-14-25-26(15-17)18-9-10-18)23(21)30-19-6-4-3-5-7-19/h3-7,12-16,18H,8-11H2,1-2H3. The van der Waals surface area contributed by atoms with Crippen molar-refractivity contribution in [2.75, 3.05) is 12.0 Å². The van der Waals surface area contributed by atoms with E-state index in [2.05, 4.69) is 11.3 Å². The second-order valence-electron chi connectivity index (χ2n) is 8.02. The molecule has 1 unspecified atom stereocenters. The van der Waals surface area contributed by atoms with Gasteiger partial charge in [0.25, 0.3) is 0 Å². The molecule has 6 heteroatoms. The molecular formula is C24H25N3O3. The molecule has 30 heavy (non-hydrogen) atoms. The van der Waals surface area contributed by atoms with Gasteiger partial charge in [-0.25, -0.2) is 4.79 Å². The number of amides is 1. The number of benzene rings is 2. The Bertz CT molecular complexity index is 1070. The molecule has 5 rings (SSSR count). The third kappa shape index (κ3) is 3.32. The van der Waals surface area contributed by atoms with E-state index in [-0.39, 0.29) is 12.1 Å². The monoisotopic (exact) mass is 403 g/mol. The summed E-state index contributed by atoms with van der Waals surface area (Å²) in [5, 5.41) is 4.56. The Labute approximate surface area is 176 Å². The molecule has 0 N–H and O–H groups in total. The van der Waals surface area contributed by atoms with Crippen LogP contribution in [-0.4, -0.2) is 29.0 Å². The minimum absolute atomic E-state index is 0.0676. The molecule has 154 valence electrons. The zero-order chi connectivity index (χ0) is 20.7. The number of rotatable bonds is 4. The number of carbonyl (C=O) groups excluding carboxylic acids is 1. The maximum absolute atomic E-state index is 12.5. The number of nitrogens with zero attached hydrogens (tertiary/aromatic N) is 3. The molecule has 0 saturated heterocycles. The van der Waals surface area contributed by atoms with E-state index in [4.69, 9.17) is 9.47 Å². The van der Waals surface area contributed by atoms with E-state index in [0.717, 1.165) is 46.7 Å². The summed E-state index contributed by atoms with van der Waals surface area (Å²) in [6, 6.07) is 14.4. The lowest BCUT2D eigenvalue weighted by Gasteiger charge is -2.35. The summed E-state index contributed by atoms with van der Waals surface area (Å²) in [4.78, 5) is 14.2. The predicted octanol–water partition coefficient (Wildman–Crippen LogP) is 5.58. The van der Waals surface area contributed by atoms with Crippen molar-refractivity contribution in [1.29, 1.82) is 0 Å². The smallest absolute Gasteiger partial charge is 0.414 e. The molecule has 1 saturated carbocycles. The van der Waals surface area contributed by atoms with Gasteiger partial charge in [0.1, 0.15) is 11.5 Å². The molecule has 1 atom stereocenters. The number of aromatic nitrogens is 2. The third-order valence-electron chi connectivity index (χ3n) is 5.92. The Morgan fingerprint density at radius 3 is 2.63 bits per heavy atom. The fourth-order valence-corrected chi connectivity index (χ4v) is 4.15. The second kappa shape index (κ2) is 7.52. The topological polar surface area (TPSA) is 56.6 Å². The van der Waals surface area contributed by atoms with Crippen LogP contribution in [0, 0.1) is 0 Å². The number of methoxy groups -OCH3 is 1. The van der Waals surface area contributed by atoms with Crippen LogP contribution in [-0.2, 0) is 11.2 Å². The van der Waals surface area contributed by atoms with Gasteiger partial charge in [0.2, 0.25) is 0 Å². The summed E-state index contributed by atoms with van der Waals surface area (Å²) in [5.74, 6) is 1.56. The summed E-state index contributed by atoms with van der Waals surface area (Å²) >= 11 is 0. The highest BCUT2D eigenvalue weighted by atomic mass is 16.5. The van der Waals surface area contributed by atoms with Crippen LogP contribution in [0.25, 0.3) is 11.1 Å². The highest BCUT2D eigenvalue weighted by molar-refractivity contribution is 5.92. The van der Waals surface area contributed by atoms with E-state index in [1.807, 2.05) is 60.3 Å². The molecule has 6 nitrogen and oxygen atoms in total. The maximum atomic E-state index is 12.5. The lowest BCUT2D eigenvalue weighted by molar-refractivity contribution is 0.175. The van der Waals surface area contributed by atoms with Crippen LogP contribution < -0.4 is 9.64 Å². The van der Waals surface area contributed by atoms with Crippen LogP contribution in [0.5, 0.6) is 11.5 Å². The summed E-state index contributed by atoms with van der Waals surface area (Å²) in [6.07, 6.45) is 7.70. The number of anilines is 1. The SMILES string of the molecule is COC(=O)N1c2ccc(-c3cnn(C4CC4)c3)c(Oc3ccccc3)c2CCC1C. The van der Waals surface area contributed by atoms with Crippen LogP contribution in [0.4, 0.5) is 10.5 Å². The molecule has 1 aromatic heterocycles. The van der Waals surface area contributed by atoms with Crippen LogP contribution in [0.15, 0.2) is 54.9 Å². The van der Waals surface area contributed by atoms with Gasteiger partial charge in [-0.1, -0.05) is 18.2 Å². The normalized spacial score (nSPS) is 18.1. The van der Waals surface area contributed by atoms with Gasteiger partial charge < -0.3 is 9.47 Å². The largest absolute Gasteiger partial charge is 0.456 e. The Morgan fingerprint density at radius 2 is 1.90 bits per heavy atom. The van der Waals surface area contributed by atoms with Crippen LogP contribution >= 0.6 is 0 Å². The van der Waals surface area contributed by atoms with Crippen molar-refractivity contribution in [3.8, 4) is 22.6 Å². The molecule has 1 aliphatic carbocycles. The fourth-order valence-electron chi connectivity index (χ4n) is 4.15. The molecule has 0 spiro atoms. The number of carbonyl (C=O) groups is 1. The molecule has 0 radical (unpaired) electrons. The van der Waals surface area contributed by atoms with Gasteiger partial charge >= 0.3 is 6.09 Å². The van der Waals surface area contributed by atoms with Gasteiger partial charge in [-0.05, 0) is 56.9 Å². The van der Waals surface area contributed by atoms with E-state index in [1.165, 1.54) is 20.0 Å². The third-order valence-corrected chi connectivity index (χ3v) is 5.92. The first-order valence-corrected chi connectivity index (χ1v) is 10.5. The zero-order valence-electron chi connectivity index (χ0n) is 17.2. The zero-order valence-corrected chi connectivity index (χ0v) is 17.2. The van der Waals surface area contributed by atoms with E-state index >= 15 is 0 Å². The first kappa shape index (κ1) is 18.7. The van der Waals surface area contributed by atoms with Crippen molar-refractivity contribution in [3.63, 3.8) is 0 Å². The molecule has 1 fully saturated rings. The lowest BCUT2D eigenvalue weighted by Crippen LogP contribution is -2.42. The van der Waals surface area contributed by atoms with Crippen molar-refractivity contribution < 1.29 is 14.3 Å². The second-order valence-corrected chi connectivity index (χ2v) is 8.02. The van der Waals surface area contributed by atoms with Crippen molar-refractivity contribution in [1.82, 2.24) is 9.78 Å². The first-order valence-electron chi connectivity index (χ1n) is 10.5. The van der Waals surface area contributed by atoms with Crippen molar-refractivity contribution in [2.45, 2.75) is 44.7 Å². The Kier molecular flexibility index (Phi) is 4.69. The van der Waals surface area contributed by atoms with Gasteiger partial charge in [-0.15, -0.1) is 0 Å². The summed E-state index contributed by atoms with van der Waals surface area (Å²) in [7, 11) is 1.42. The van der Waals surface area contributed by atoms with Crippen LogP contribution in [0.3, 0.4) is 0 Å². The number of fused-ring (bicyclic) bond motifs is 1. The molecule has 0 bridgehead atoms. The summed E-state index contributed by atoms with van der Waals surface area (Å²) in [5.41, 5.74) is 3.90. The Hall–Kier alpha value is -3.28. The average molecular weight is 403 g/mol. The van der Waals surface area contributed by atoms with E-state index in [1.54, 1.807) is 4.90 Å². The summed E-state index contributed by atoms with van der Waals surface area (Å²) < 4.78 is 13.5. The Morgan fingerprint density at radius 1 is 1.10 bits per heavy atom. The van der Waals surface area contributed by atoms with Gasteiger partial charge in [0.05, 0.1) is 25.0 Å². The highest BCUT2D eigenvalue weighted by Gasteiger charge is 2.32. The van der Waals surface area contributed by atoms with E-state index in [0.29, 0.717) is 6.04 Å². The molecular weight excluding hydrogens is 378 g/mol. The first-order chi connectivity index (χ1) is 14.7. The lowest BCUT2D eigenvalue weighted by atomic mass is 9.92. The highest BCUT2D eigenvalue weighted by Crippen LogP contribution is 2.45. The minimum atomic E-state index is -0.344. The number of para-hydroxylation sites is 1. The fraction of sp³-hybridized carbons (Fsp3) is 0.333. The van der Waals surface area contributed by atoms with Crippen molar-refractivity contribution in [2.24, 2.45) is 0 Å². The molecule has 3 aromatic rings. The van der Waals surface area contributed by atoms with Gasteiger partial charge in [-0.2, -0.15) is 5.10 Å². The quantitative estimate of drug-likeness (QED) is 0.570. The number of hydrogen-bond acceptors (Lipinski definition) is 4. The van der Waals surface area contributed by atoms with Gasteiger partial charge in [0.15, 0.2) is 0 Å². The van der Waals surface area contributed by atoms with Crippen LogP contribution in [0.2, 0.25) is 0 Å². The number of hydrogen-bond donors (Lipinski definition) is 0. The molecule has 2 aliphatic rings. The van der Waals surface area contributed by atoms with E-state index in [9.17, 15) is 4.79 Å². The van der Waals surface area contributed by atoms with Crippen molar-refractivity contribution in [3.05, 3.63) is 60.4 Å². The van der Waals surface area contributed by atoms with Crippen molar-refractivity contribution >= 4 is 11.8 Å². The number of ether oxygens (including phenoxy) is 2. The van der Waals surface area contributed by atoms with Gasteiger partial charge in [-0.3, -0.25) is 9.58 Å². The Balaban J connectivity index is 1.64. The van der Waals surface area contributed by atoms with Crippen LogP contribution in [0.1, 0.15) is 37.8 Å². The summed E-state index contributed by atoms with van der Waals surface area (Å²) in [6.45, 7) is 2.05. The molecule has 2 aromatic carbocycles. The van der Waals surface area contributed by atoms with Gasteiger partial charge in [0, 0.05) is 28.9 Å². The molecule has 1 amide bonds. The maximum Gasteiger partial charge on any atom is 0.414 e. The molecule has 2 heterocycles. The minimum Gasteiger partial charge on any atom is -0.456 e. The average Bonchev–Trinajstić information content (AvgIpc) is 3.51. The molecule has 1 aliphatic heterocycles. The predicted molar refractivity (Wildman–Crippen MR) is 115 cm³/mol. The van der Waals surface area contributed by atoms with E-state index < -0.39 is 0 Å².